The number of benzene rings is 1. The number of hydrazine groups is 1. The molecule has 104 valence electrons. The summed E-state index contributed by atoms with van der Waals surface area (Å²) in [6.07, 6.45) is 1.25. The van der Waals surface area contributed by atoms with E-state index in [4.69, 9.17) is 22.2 Å². The number of halogens is 2. The summed E-state index contributed by atoms with van der Waals surface area (Å²) in [4.78, 5) is 17.9. The Labute approximate surface area is 126 Å². The largest absolute Gasteiger partial charge is 0.438 e. The van der Waals surface area contributed by atoms with Gasteiger partial charge in [-0.15, -0.1) is 0 Å². The van der Waals surface area contributed by atoms with Crippen LogP contribution in [-0.2, 0) is 0 Å². The van der Waals surface area contributed by atoms with Crippen LogP contribution in [0.2, 0.25) is 5.02 Å². The fourth-order valence-corrected chi connectivity index (χ4v) is 1.98. The minimum atomic E-state index is -0.580. The van der Waals surface area contributed by atoms with E-state index in [1.807, 2.05) is 0 Å². The van der Waals surface area contributed by atoms with Gasteiger partial charge in [0.25, 0.3) is 5.69 Å². The topological polar surface area (TPSA) is 116 Å². The lowest BCUT2D eigenvalue weighted by molar-refractivity contribution is -0.384. The number of nitrogens with zero attached hydrogens (tertiary/aromatic N) is 3. The molecule has 0 fully saturated rings. The molecule has 2 rings (SSSR count). The molecule has 0 saturated carbocycles. The van der Waals surface area contributed by atoms with Gasteiger partial charge in [0.05, 0.1) is 4.92 Å². The zero-order valence-corrected chi connectivity index (χ0v) is 12.1. The zero-order valence-electron chi connectivity index (χ0n) is 9.71. The highest BCUT2D eigenvalue weighted by molar-refractivity contribution is 9.10. The van der Waals surface area contributed by atoms with Crippen molar-refractivity contribution in [3.05, 3.63) is 44.1 Å². The predicted octanol–water partition coefficient (Wildman–Crippen LogP) is 2.88. The molecule has 0 aliphatic heterocycles. The lowest BCUT2D eigenvalue weighted by Gasteiger charge is -2.08. The molecular formula is C10H7BrClN5O3. The molecule has 1 heterocycles. The summed E-state index contributed by atoms with van der Waals surface area (Å²) in [5.74, 6) is 6.09. The first kappa shape index (κ1) is 14.4. The Morgan fingerprint density at radius 3 is 2.80 bits per heavy atom. The van der Waals surface area contributed by atoms with E-state index in [0.29, 0.717) is 16.0 Å². The average Bonchev–Trinajstić information content (AvgIpc) is 2.41. The van der Waals surface area contributed by atoms with Crippen LogP contribution in [-0.4, -0.2) is 14.9 Å². The standard InChI is InChI=1S/C10H7BrClN5O3/c11-8-9(16-13)14-4-15-10(8)20-5-1-2-7(17(18)19)6(12)3-5/h1-4H,13H2,(H,14,15,16). The normalized spacial score (nSPS) is 10.2. The van der Waals surface area contributed by atoms with Gasteiger partial charge >= 0.3 is 0 Å². The fourth-order valence-electron chi connectivity index (χ4n) is 1.34. The van der Waals surface area contributed by atoms with Gasteiger partial charge in [0.2, 0.25) is 5.88 Å². The molecule has 0 bridgehead atoms. The van der Waals surface area contributed by atoms with Crippen molar-refractivity contribution in [2.75, 3.05) is 5.43 Å². The molecule has 0 aliphatic carbocycles. The molecule has 0 spiro atoms. The summed E-state index contributed by atoms with van der Waals surface area (Å²) in [7, 11) is 0. The molecule has 10 heteroatoms. The summed E-state index contributed by atoms with van der Waals surface area (Å²) in [6.45, 7) is 0. The second-order valence-electron chi connectivity index (χ2n) is 3.46. The number of ether oxygens (including phenoxy) is 1. The molecule has 0 saturated heterocycles. The third-order valence-corrected chi connectivity index (χ3v) is 3.24. The fraction of sp³-hybridized carbons (Fsp3) is 0. The Bertz CT molecular complexity index is 669. The SMILES string of the molecule is NNc1ncnc(Oc2ccc([N+](=O)[O-])c(Cl)c2)c1Br. The van der Waals surface area contributed by atoms with Crippen molar-refractivity contribution in [2.24, 2.45) is 5.84 Å². The second-order valence-corrected chi connectivity index (χ2v) is 4.66. The average molecular weight is 361 g/mol. The molecule has 0 unspecified atom stereocenters. The second kappa shape index (κ2) is 5.99. The van der Waals surface area contributed by atoms with Gasteiger partial charge in [0.1, 0.15) is 21.6 Å². The molecule has 1 aromatic heterocycles. The van der Waals surface area contributed by atoms with Gasteiger partial charge in [-0.05, 0) is 22.0 Å². The molecular weight excluding hydrogens is 353 g/mol. The predicted molar refractivity (Wildman–Crippen MR) is 75.7 cm³/mol. The van der Waals surface area contributed by atoms with Crippen LogP contribution in [0.3, 0.4) is 0 Å². The van der Waals surface area contributed by atoms with Crippen LogP contribution in [0.15, 0.2) is 29.0 Å². The smallest absolute Gasteiger partial charge is 0.288 e. The first-order valence-corrected chi connectivity index (χ1v) is 6.29. The number of nitrogen functional groups attached to an aromatic ring is 1. The molecule has 20 heavy (non-hydrogen) atoms. The molecule has 8 nitrogen and oxygen atoms in total. The van der Waals surface area contributed by atoms with E-state index in [0.717, 1.165) is 0 Å². The monoisotopic (exact) mass is 359 g/mol. The molecule has 0 atom stereocenters. The van der Waals surface area contributed by atoms with E-state index in [1.54, 1.807) is 0 Å². The number of hydrogen-bond donors (Lipinski definition) is 2. The van der Waals surface area contributed by atoms with Gasteiger partial charge in [-0.2, -0.15) is 0 Å². The maximum absolute atomic E-state index is 10.7. The minimum Gasteiger partial charge on any atom is -0.438 e. The molecule has 0 amide bonds. The van der Waals surface area contributed by atoms with Gasteiger partial charge in [-0.3, -0.25) is 10.1 Å². The Morgan fingerprint density at radius 1 is 1.45 bits per heavy atom. The van der Waals surface area contributed by atoms with Crippen molar-refractivity contribution in [1.29, 1.82) is 0 Å². The van der Waals surface area contributed by atoms with E-state index in [2.05, 4.69) is 31.3 Å². The minimum absolute atomic E-state index is 0.0325. The summed E-state index contributed by atoms with van der Waals surface area (Å²) >= 11 is 9.01. The Hall–Kier alpha value is -1.97. The highest BCUT2D eigenvalue weighted by Gasteiger charge is 2.15. The first-order chi connectivity index (χ1) is 9.52. The van der Waals surface area contributed by atoms with Crippen LogP contribution in [0.25, 0.3) is 0 Å². The summed E-state index contributed by atoms with van der Waals surface area (Å²) in [5.41, 5.74) is 2.16. The van der Waals surface area contributed by atoms with Crippen molar-refractivity contribution in [3.8, 4) is 11.6 Å². The van der Waals surface area contributed by atoms with Crippen LogP contribution in [0, 0.1) is 10.1 Å². The van der Waals surface area contributed by atoms with E-state index in [1.165, 1.54) is 24.5 Å². The Morgan fingerprint density at radius 2 is 2.20 bits per heavy atom. The molecule has 0 radical (unpaired) electrons. The summed E-state index contributed by atoms with van der Waals surface area (Å²) < 4.78 is 5.88. The first-order valence-electron chi connectivity index (χ1n) is 5.12. The van der Waals surface area contributed by atoms with Gasteiger partial charge in [-0.1, -0.05) is 11.6 Å². The van der Waals surface area contributed by atoms with E-state index < -0.39 is 4.92 Å². The van der Waals surface area contributed by atoms with Crippen LogP contribution in [0.5, 0.6) is 11.6 Å². The van der Waals surface area contributed by atoms with Gasteiger partial charge < -0.3 is 10.2 Å². The van der Waals surface area contributed by atoms with Crippen molar-refractivity contribution in [2.45, 2.75) is 0 Å². The highest BCUT2D eigenvalue weighted by atomic mass is 79.9. The van der Waals surface area contributed by atoms with E-state index in [-0.39, 0.29) is 16.6 Å². The van der Waals surface area contributed by atoms with Crippen LogP contribution in [0.4, 0.5) is 11.5 Å². The number of hydrogen-bond acceptors (Lipinski definition) is 7. The third kappa shape index (κ3) is 2.95. The van der Waals surface area contributed by atoms with Crippen molar-refractivity contribution in [1.82, 2.24) is 9.97 Å². The molecule has 0 aliphatic rings. The number of nitrogens with two attached hydrogens (primary N) is 1. The van der Waals surface area contributed by atoms with Crippen molar-refractivity contribution in [3.63, 3.8) is 0 Å². The van der Waals surface area contributed by atoms with E-state index >= 15 is 0 Å². The number of nitro benzene ring substituents is 1. The Balaban J connectivity index is 2.31. The summed E-state index contributed by atoms with van der Waals surface area (Å²) in [6, 6.07) is 3.98. The van der Waals surface area contributed by atoms with Crippen LogP contribution >= 0.6 is 27.5 Å². The Kier molecular flexibility index (Phi) is 4.32. The number of anilines is 1. The molecule has 1 aromatic carbocycles. The number of aromatic nitrogens is 2. The summed E-state index contributed by atoms with van der Waals surface area (Å²) in [5, 5.41) is 10.6. The van der Waals surface area contributed by atoms with E-state index in [9.17, 15) is 10.1 Å². The van der Waals surface area contributed by atoms with Gasteiger partial charge in [0.15, 0.2) is 5.82 Å². The maximum Gasteiger partial charge on any atom is 0.288 e. The van der Waals surface area contributed by atoms with Crippen LogP contribution < -0.4 is 16.0 Å². The highest BCUT2D eigenvalue weighted by Crippen LogP contribution is 2.34. The molecule has 2 aromatic rings. The number of rotatable bonds is 4. The van der Waals surface area contributed by atoms with Gasteiger partial charge in [0, 0.05) is 12.1 Å². The quantitative estimate of drug-likeness (QED) is 0.489. The van der Waals surface area contributed by atoms with Crippen LogP contribution in [0.1, 0.15) is 0 Å². The molecule has 3 N–H and O–H groups in total. The lowest BCUT2D eigenvalue weighted by Crippen LogP contribution is -2.09. The number of nitrogens with one attached hydrogen (secondary N) is 1. The van der Waals surface area contributed by atoms with Gasteiger partial charge in [-0.25, -0.2) is 15.8 Å². The van der Waals surface area contributed by atoms with Crippen molar-refractivity contribution >= 4 is 39.0 Å². The maximum atomic E-state index is 10.7. The number of nitro groups is 1. The zero-order chi connectivity index (χ0) is 14.7. The third-order valence-electron chi connectivity index (χ3n) is 2.22. The van der Waals surface area contributed by atoms with Crippen molar-refractivity contribution < 1.29 is 9.66 Å². The lowest BCUT2D eigenvalue weighted by atomic mass is 10.3.